The average Bonchev–Trinajstić information content (AvgIpc) is 2.54. The van der Waals surface area contributed by atoms with Crippen molar-refractivity contribution in [3.05, 3.63) is 15.6 Å². The first-order chi connectivity index (χ1) is 7.67. The van der Waals surface area contributed by atoms with Crippen LogP contribution in [0.1, 0.15) is 29.4 Å². The Hall–Kier alpha value is -0.370. The first-order valence-electron chi connectivity index (χ1n) is 5.62. The summed E-state index contributed by atoms with van der Waals surface area (Å²) in [4.78, 5) is 10.2. The van der Waals surface area contributed by atoms with E-state index in [0.29, 0.717) is 6.54 Å². The van der Waals surface area contributed by atoms with Gasteiger partial charge >= 0.3 is 0 Å². The monoisotopic (exact) mass is 368 g/mol. The number of nitrogens with zero attached hydrogens (tertiary/aromatic N) is 2. The molecule has 17 heavy (non-hydrogen) atoms. The topological polar surface area (TPSA) is 49.3 Å². The molecule has 0 spiro atoms. The fraction of sp³-hybridized carbons (Fsp3) is 0.636. The van der Waals surface area contributed by atoms with Gasteiger partial charge in [0.2, 0.25) is 0 Å². The van der Waals surface area contributed by atoms with Crippen LogP contribution in [-0.4, -0.2) is 24.0 Å². The van der Waals surface area contributed by atoms with Crippen molar-refractivity contribution >= 4 is 41.3 Å². The van der Waals surface area contributed by atoms with Crippen LogP contribution in [0.25, 0.3) is 0 Å². The minimum Gasteiger partial charge on any atom is -0.357 e. The predicted molar refractivity (Wildman–Crippen MR) is 85.5 cm³/mol. The van der Waals surface area contributed by atoms with Crippen molar-refractivity contribution in [1.29, 1.82) is 0 Å². The normalized spacial score (nSPS) is 9.41. The third kappa shape index (κ3) is 5.67. The zero-order valence-electron chi connectivity index (χ0n) is 10.8. The Morgan fingerprint density at radius 3 is 2.24 bits per heavy atom. The quantitative estimate of drug-likeness (QED) is 0.488. The number of hydrogen-bond donors (Lipinski definition) is 2. The van der Waals surface area contributed by atoms with Gasteiger partial charge in [-0.25, -0.2) is 9.98 Å². The third-order valence-corrected chi connectivity index (χ3v) is 3.00. The van der Waals surface area contributed by atoms with Crippen molar-refractivity contribution in [3.8, 4) is 0 Å². The summed E-state index contributed by atoms with van der Waals surface area (Å²) >= 11 is 1.73. The Morgan fingerprint density at radius 1 is 1.24 bits per heavy atom. The Bertz CT molecular complexity index is 354. The Balaban J connectivity index is 0.00000256. The largest absolute Gasteiger partial charge is 0.357 e. The van der Waals surface area contributed by atoms with Gasteiger partial charge in [-0.3, -0.25) is 0 Å². The molecule has 0 radical (unpaired) electrons. The predicted octanol–water partition coefficient (Wildman–Crippen LogP) is 2.45. The molecule has 2 N–H and O–H groups in total. The van der Waals surface area contributed by atoms with Crippen molar-refractivity contribution in [2.75, 3.05) is 13.1 Å². The van der Waals surface area contributed by atoms with E-state index < -0.39 is 0 Å². The molecule has 0 aliphatic rings. The summed E-state index contributed by atoms with van der Waals surface area (Å²) in [6.45, 7) is 10.6. The van der Waals surface area contributed by atoms with Gasteiger partial charge in [0.15, 0.2) is 5.96 Å². The van der Waals surface area contributed by atoms with Crippen LogP contribution >= 0.6 is 35.3 Å². The fourth-order valence-electron chi connectivity index (χ4n) is 1.38. The number of thiazole rings is 1. The van der Waals surface area contributed by atoms with Crippen LogP contribution in [0.2, 0.25) is 0 Å². The highest BCUT2D eigenvalue weighted by atomic mass is 127. The lowest BCUT2D eigenvalue weighted by molar-refractivity contribution is 0.833. The second-order valence-corrected chi connectivity index (χ2v) is 4.87. The smallest absolute Gasteiger partial charge is 0.191 e. The zero-order chi connectivity index (χ0) is 12.0. The van der Waals surface area contributed by atoms with Crippen LogP contribution in [0.5, 0.6) is 0 Å². The lowest BCUT2D eigenvalue weighted by atomic mass is 10.4. The highest BCUT2D eigenvalue weighted by Crippen LogP contribution is 2.16. The summed E-state index contributed by atoms with van der Waals surface area (Å²) in [7, 11) is 0. The maximum absolute atomic E-state index is 4.49. The Morgan fingerprint density at radius 2 is 1.82 bits per heavy atom. The molecule has 4 nitrogen and oxygen atoms in total. The van der Waals surface area contributed by atoms with E-state index in [2.05, 4.69) is 41.4 Å². The van der Waals surface area contributed by atoms with Crippen molar-refractivity contribution in [2.24, 2.45) is 4.99 Å². The molecule has 0 saturated heterocycles. The van der Waals surface area contributed by atoms with Gasteiger partial charge in [-0.05, 0) is 27.7 Å². The van der Waals surface area contributed by atoms with E-state index in [1.807, 2.05) is 6.92 Å². The second kappa shape index (κ2) is 8.68. The summed E-state index contributed by atoms with van der Waals surface area (Å²) in [6.07, 6.45) is 0. The highest BCUT2D eigenvalue weighted by molar-refractivity contribution is 14.0. The van der Waals surface area contributed by atoms with Gasteiger partial charge in [0, 0.05) is 18.0 Å². The molecule has 0 aromatic carbocycles. The summed E-state index contributed by atoms with van der Waals surface area (Å²) < 4.78 is 0. The van der Waals surface area contributed by atoms with Crippen LogP contribution in [0.4, 0.5) is 0 Å². The summed E-state index contributed by atoms with van der Waals surface area (Å²) in [5.41, 5.74) is 1.08. The Kier molecular flexibility index (Phi) is 8.49. The molecule has 1 heterocycles. The second-order valence-electron chi connectivity index (χ2n) is 3.46. The molecule has 0 atom stereocenters. The van der Waals surface area contributed by atoms with Crippen molar-refractivity contribution in [3.63, 3.8) is 0 Å². The molecule has 1 aromatic rings. The molecule has 98 valence electrons. The standard InChI is InChI=1S/C11H20N4S.HI/c1-5-12-11(13-6-2)14-7-10-8(3)16-9(4)15-10;/h5-7H2,1-4H3,(H2,12,13,14);1H. The number of halogens is 1. The van der Waals surface area contributed by atoms with Gasteiger partial charge in [-0.1, -0.05) is 0 Å². The number of hydrogen-bond acceptors (Lipinski definition) is 3. The molecule has 0 unspecified atom stereocenters. The zero-order valence-corrected chi connectivity index (χ0v) is 14.0. The van der Waals surface area contributed by atoms with Crippen molar-refractivity contribution < 1.29 is 0 Å². The minimum atomic E-state index is 0. The fourth-order valence-corrected chi connectivity index (χ4v) is 2.21. The number of rotatable bonds is 4. The molecule has 0 fully saturated rings. The number of guanidine groups is 1. The number of aryl methyl sites for hydroxylation is 2. The number of aromatic nitrogens is 1. The van der Waals surface area contributed by atoms with Crippen molar-refractivity contribution in [2.45, 2.75) is 34.2 Å². The lowest BCUT2D eigenvalue weighted by Gasteiger charge is -2.08. The Labute approximate surface area is 124 Å². The van der Waals surface area contributed by atoms with E-state index in [0.717, 1.165) is 29.8 Å². The molecular weight excluding hydrogens is 347 g/mol. The highest BCUT2D eigenvalue weighted by Gasteiger charge is 2.04. The molecule has 1 rings (SSSR count). The molecule has 0 saturated carbocycles. The van der Waals surface area contributed by atoms with Crippen LogP contribution in [0, 0.1) is 13.8 Å². The number of nitrogens with one attached hydrogen (secondary N) is 2. The van der Waals surface area contributed by atoms with Gasteiger partial charge < -0.3 is 10.6 Å². The van der Waals surface area contributed by atoms with Gasteiger partial charge in [0.05, 0.1) is 17.2 Å². The van der Waals surface area contributed by atoms with E-state index in [-0.39, 0.29) is 24.0 Å². The SMILES string of the molecule is CCNC(=NCc1nc(C)sc1C)NCC.I. The van der Waals surface area contributed by atoms with Gasteiger partial charge in [0.25, 0.3) is 0 Å². The van der Waals surface area contributed by atoms with Crippen LogP contribution in [0.3, 0.4) is 0 Å². The van der Waals surface area contributed by atoms with E-state index in [1.165, 1.54) is 4.88 Å². The maximum atomic E-state index is 4.49. The van der Waals surface area contributed by atoms with E-state index in [4.69, 9.17) is 0 Å². The van der Waals surface area contributed by atoms with Gasteiger partial charge in [-0.15, -0.1) is 35.3 Å². The lowest BCUT2D eigenvalue weighted by Crippen LogP contribution is -2.37. The first kappa shape index (κ1) is 16.6. The average molecular weight is 368 g/mol. The van der Waals surface area contributed by atoms with E-state index in [9.17, 15) is 0 Å². The molecule has 6 heteroatoms. The van der Waals surface area contributed by atoms with Gasteiger partial charge in [0.1, 0.15) is 0 Å². The van der Waals surface area contributed by atoms with Crippen molar-refractivity contribution in [1.82, 2.24) is 15.6 Å². The van der Waals surface area contributed by atoms with Crippen LogP contribution in [0.15, 0.2) is 4.99 Å². The first-order valence-corrected chi connectivity index (χ1v) is 6.44. The van der Waals surface area contributed by atoms with Crippen LogP contribution in [-0.2, 0) is 6.54 Å². The third-order valence-electron chi connectivity index (χ3n) is 2.07. The molecular formula is C11H21IN4S. The van der Waals surface area contributed by atoms with E-state index >= 15 is 0 Å². The number of aliphatic imine (C=N–C) groups is 1. The summed E-state index contributed by atoms with van der Waals surface area (Å²) in [5, 5.41) is 7.50. The molecule has 1 aromatic heterocycles. The minimum absolute atomic E-state index is 0. The maximum Gasteiger partial charge on any atom is 0.191 e. The summed E-state index contributed by atoms with van der Waals surface area (Å²) in [6, 6.07) is 0. The van der Waals surface area contributed by atoms with E-state index in [1.54, 1.807) is 11.3 Å². The van der Waals surface area contributed by atoms with Crippen LogP contribution < -0.4 is 10.6 Å². The molecule has 0 aliphatic heterocycles. The molecule has 0 aliphatic carbocycles. The summed E-state index contributed by atoms with van der Waals surface area (Å²) in [5.74, 6) is 0.857. The molecule has 0 amide bonds. The van der Waals surface area contributed by atoms with Gasteiger partial charge in [-0.2, -0.15) is 0 Å². The molecule has 0 bridgehead atoms.